The molecule has 0 radical (unpaired) electrons. The van der Waals surface area contributed by atoms with Crippen molar-refractivity contribution >= 4 is 11.3 Å². The van der Waals surface area contributed by atoms with Crippen molar-refractivity contribution in [3.05, 3.63) is 77.7 Å². The fourth-order valence-corrected chi connectivity index (χ4v) is 3.15. The third kappa shape index (κ3) is 2.72. The SMILES string of the molecule is Cc1cc(-c2ccccc2)cc(-c2ccccc2)[s+]1. The van der Waals surface area contributed by atoms with Gasteiger partial charge >= 0.3 is 0 Å². The zero-order valence-electron chi connectivity index (χ0n) is 10.8. The van der Waals surface area contributed by atoms with Crippen LogP contribution in [-0.4, -0.2) is 0 Å². The van der Waals surface area contributed by atoms with Crippen molar-refractivity contribution in [2.75, 3.05) is 0 Å². The Bertz CT molecular complexity index is 615. The van der Waals surface area contributed by atoms with Gasteiger partial charge in [-0.2, -0.15) is 0 Å². The fourth-order valence-electron chi connectivity index (χ4n) is 2.18. The van der Waals surface area contributed by atoms with E-state index in [4.69, 9.17) is 0 Å². The standard InChI is InChI=1S/C18H15S/c1-14-12-17(15-8-4-2-5-9-15)13-18(19-14)16-10-6-3-7-11-16/h2-13H,1H3/q+1. The summed E-state index contributed by atoms with van der Waals surface area (Å²) in [5, 5.41) is 0. The monoisotopic (exact) mass is 263 g/mol. The van der Waals surface area contributed by atoms with Crippen molar-refractivity contribution < 1.29 is 0 Å². The Kier molecular flexibility index (Phi) is 3.39. The molecule has 0 atom stereocenters. The number of benzene rings is 2. The van der Waals surface area contributed by atoms with Gasteiger partial charge in [0.25, 0.3) is 0 Å². The minimum absolute atomic E-state index is 1.27. The highest BCUT2D eigenvalue weighted by Crippen LogP contribution is 2.31. The summed E-state index contributed by atoms with van der Waals surface area (Å²) >= 11 is 1.84. The van der Waals surface area contributed by atoms with E-state index in [1.54, 1.807) is 0 Å². The summed E-state index contributed by atoms with van der Waals surface area (Å²) in [5.41, 5.74) is 3.85. The third-order valence-electron chi connectivity index (χ3n) is 3.08. The summed E-state index contributed by atoms with van der Waals surface area (Å²) in [6.07, 6.45) is 0. The Labute approximate surface area is 118 Å². The second-order valence-corrected chi connectivity index (χ2v) is 5.84. The highest BCUT2D eigenvalue weighted by atomic mass is 32.1. The van der Waals surface area contributed by atoms with Crippen molar-refractivity contribution in [3.8, 4) is 21.6 Å². The van der Waals surface area contributed by atoms with Crippen LogP contribution in [-0.2, 0) is 0 Å². The van der Waals surface area contributed by atoms with Crippen molar-refractivity contribution in [1.29, 1.82) is 0 Å². The molecule has 0 aliphatic carbocycles. The first-order valence-electron chi connectivity index (χ1n) is 6.38. The molecule has 0 amide bonds. The summed E-state index contributed by atoms with van der Waals surface area (Å²) in [7, 11) is 0. The van der Waals surface area contributed by atoms with E-state index in [2.05, 4.69) is 79.7 Å². The molecule has 0 fully saturated rings. The molecule has 0 spiro atoms. The third-order valence-corrected chi connectivity index (χ3v) is 4.10. The maximum absolute atomic E-state index is 2.28. The lowest BCUT2D eigenvalue weighted by molar-refractivity contribution is 1.57. The molecule has 0 aliphatic rings. The van der Waals surface area contributed by atoms with Crippen LogP contribution < -0.4 is 0 Å². The fraction of sp³-hybridized carbons (Fsp3) is 0.0556. The smallest absolute Gasteiger partial charge is 0.0622 e. The van der Waals surface area contributed by atoms with Crippen LogP contribution in [0.4, 0.5) is 0 Å². The van der Waals surface area contributed by atoms with E-state index in [9.17, 15) is 0 Å². The van der Waals surface area contributed by atoms with Crippen molar-refractivity contribution in [2.24, 2.45) is 0 Å². The molecular formula is C18H15S+. The van der Waals surface area contributed by atoms with Crippen LogP contribution in [0.3, 0.4) is 0 Å². The second kappa shape index (κ2) is 5.33. The molecule has 1 heteroatoms. The summed E-state index contributed by atoms with van der Waals surface area (Å²) in [5.74, 6) is 0. The molecular weight excluding hydrogens is 248 g/mol. The molecule has 92 valence electrons. The van der Waals surface area contributed by atoms with E-state index in [1.165, 1.54) is 26.4 Å². The first kappa shape index (κ1) is 12.1. The van der Waals surface area contributed by atoms with Crippen LogP contribution in [0.1, 0.15) is 4.88 Å². The molecule has 0 bridgehead atoms. The molecule has 1 heterocycles. The second-order valence-electron chi connectivity index (χ2n) is 4.55. The highest BCUT2D eigenvalue weighted by Gasteiger charge is 2.14. The van der Waals surface area contributed by atoms with Gasteiger partial charge in [0, 0.05) is 24.6 Å². The Morgan fingerprint density at radius 2 is 1.21 bits per heavy atom. The average Bonchev–Trinajstić information content (AvgIpc) is 2.48. The lowest BCUT2D eigenvalue weighted by atomic mass is 10.1. The van der Waals surface area contributed by atoms with E-state index >= 15 is 0 Å². The molecule has 0 unspecified atom stereocenters. The minimum atomic E-state index is 1.27. The molecule has 0 aliphatic heterocycles. The molecule has 19 heavy (non-hydrogen) atoms. The Hall–Kier alpha value is -1.99. The van der Waals surface area contributed by atoms with E-state index in [0.29, 0.717) is 0 Å². The first-order valence-corrected chi connectivity index (χ1v) is 7.20. The molecule has 0 nitrogen and oxygen atoms in total. The van der Waals surface area contributed by atoms with Gasteiger partial charge in [0.1, 0.15) is 0 Å². The lowest BCUT2D eigenvalue weighted by Crippen LogP contribution is -1.81. The predicted molar refractivity (Wildman–Crippen MR) is 84.3 cm³/mol. The van der Waals surface area contributed by atoms with Gasteiger partial charge in [0.2, 0.25) is 21.1 Å². The summed E-state index contributed by atoms with van der Waals surface area (Å²) in [4.78, 5) is 2.65. The van der Waals surface area contributed by atoms with E-state index in [0.717, 1.165) is 0 Å². The van der Waals surface area contributed by atoms with Crippen LogP contribution in [0, 0.1) is 6.92 Å². The summed E-state index contributed by atoms with van der Waals surface area (Å²) in [6, 6.07) is 25.7. The Morgan fingerprint density at radius 1 is 0.632 bits per heavy atom. The molecule has 2 aromatic carbocycles. The normalized spacial score (nSPS) is 10.4. The van der Waals surface area contributed by atoms with Crippen LogP contribution in [0.5, 0.6) is 0 Å². The van der Waals surface area contributed by atoms with Gasteiger partial charge in [-0.05, 0) is 23.3 Å². The van der Waals surface area contributed by atoms with Gasteiger partial charge in [0.15, 0.2) is 0 Å². The predicted octanol–water partition coefficient (Wildman–Crippen LogP) is 5.67. The first-order chi connectivity index (χ1) is 9.33. The van der Waals surface area contributed by atoms with Gasteiger partial charge in [-0.25, -0.2) is 0 Å². The lowest BCUT2D eigenvalue weighted by Gasteiger charge is -2.00. The number of hydrogen-bond donors (Lipinski definition) is 0. The van der Waals surface area contributed by atoms with Crippen LogP contribution in [0.25, 0.3) is 21.6 Å². The Morgan fingerprint density at radius 3 is 1.84 bits per heavy atom. The van der Waals surface area contributed by atoms with Crippen LogP contribution in [0.15, 0.2) is 72.8 Å². The number of aryl methyl sites for hydroxylation is 1. The average molecular weight is 263 g/mol. The van der Waals surface area contributed by atoms with E-state index in [1.807, 2.05) is 11.3 Å². The maximum atomic E-state index is 2.28. The zero-order valence-corrected chi connectivity index (χ0v) is 11.7. The van der Waals surface area contributed by atoms with Gasteiger partial charge in [0.05, 0.1) is 0 Å². The van der Waals surface area contributed by atoms with Gasteiger partial charge in [-0.1, -0.05) is 48.5 Å². The maximum Gasteiger partial charge on any atom is 0.238 e. The topological polar surface area (TPSA) is 0 Å². The highest BCUT2D eigenvalue weighted by molar-refractivity contribution is 7.15. The summed E-state index contributed by atoms with van der Waals surface area (Å²) < 4.78 is 0. The van der Waals surface area contributed by atoms with Gasteiger partial charge < -0.3 is 0 Å². The van der Waals surface area contributed by atoms with Crippen molar-refractivity contribution in [2.45, 2.75) is 6.92 Å². The van der Waals surface area contributed by atoms with Gasteiger partial charge in [-0.3, -0.25) is 0 Å². The summed E-state index contributed by atoms with van der Waals surface area (Å²) in [6.45, 7) is 2.17. The van der Waals surface area contributed by atoms with Gasteiger partial charge in [-0.15, -0.1) is 0 Å². The molecule has 0 saturated heterocycles. The van der Waals surface area contributed by atoms with Crippen molar-refractivity contribution in [1.82, 2.24) is 0 Å². The van der Waals surface area contributed by atoms with E-state index < -0.39 is 0 Å². The molecule has 3 rings (SSSR count). The minimum Gasteiger partial charge on any atom is -0.0622 e. The van der Waals surface area contributed by atoms with Crippen LogP contribution >= 0.6 is 11.3 Å². The number of hydrogen-bond acceptors (Lipinski definition) is 0. The molecule has 0 N–H and O–H groups in total. The zero-order chi connectivity index (χ0) is 13.1. The molecule has 0 saturated carbocycles. The molecule has 3 aromatic rings. The molecule has 1 aromatic heterocycles. The Balaban J connectivity index is 2.12. The quantitative estimate of drug-likeness (QED) is 0.522. The number of rotatable bonds is 2. The largest absolute Gasteiger partial charge is 0.238 e. The van der Waals surface area contributed by atoms with Crippen molar-refractivity contribution in [3.63, 3.8) is 0 Å². The van der Waals surface area contributed by atoms with E-state index in [-0.39, 0.29) is 0 Å². The van der Waals surface area contributed by atoms with Crippen LogP contribution in [0.2, 0.25) is 0 Å².